The van der Waals surface area contributed by atoms with Crippen LogP contribution in [0.15, 0.2) is 42.5 Å². The highest BCUT2D eigenvalue weighted by molar-refractivity contribution is 5.85. The molecule has 1 saturated heterocycles. The van der Waals surface area contributed by atoms with E-state index in [-0.39, 0.29) is 0 Å². The monoisotopic (exact) mass is 240 g/mol. The first-order chi connectivity index (χ1) is 8.93. The maximum atomic E-state index is 3.56. The van der Waals surface area contributed by atoms with Gasteiger partial charge in [0.1, 0.15) is 0 Å². The van der Waals surface area contributed by atoms with E-state index in [0.29, 0.717) is 0 Å². The second-order valence-corrected chi connectivity index (χ2v) is 5.02. The SMILES string of the molecule is c1ccc2c(CNN3CCCCC3)cccc2c1. The number of hydrogen-bond donors (Lipinski definition) is 1. The predicted molar refractivity (Wildman–Crippen MR) is 76.2 cm³/mol. The molecule has 0 unspecified atom stereocenters. The van der Waals surface area contributed by atoms with Crippen molar-refractivity contribution in [2.75, 3.05) is 13.1 Å². The molecule has 1 aliphatic rings. The van der Waals surface area contributed by atoms with E-state index in [4.69, 9.17) is 0 Å². The fourth-order valence-electron chi connectivity index (χ4n) is 2.70. The summed E-state index contributed by atoms with van der Waals surface area (Å²) in [5.74, 6) is 0. The first-order valence-electron chi connectivity index (χ1n) is 6.88. The van der Waals surface area contributed by atoms with Gasteiger partial charge in [0.15, 0.2) is 0 Å². The van der Waals surface area contributed by atoms with Gasteiger partial charge in [0.25, 0.3) is 0 Å². The van der Waals surface area contributed by atoms with Crippen LogP contribution in [0.25, 0.3) is 10.8 Å². The van der Waals surface area contributed by atoms with E-state index in [0.717, 1.165) is 6.54 Å². The number of benzene rings is 2. The molecule has 0 amide bonds. The van der Waals surface area contributed by atoms with Gasteiger partial charge in [-0.25, -0.2) is 5.01 Å². The van der Waals surface area contributed by atoms with Gasteiger partial charge in [-0.3, -0.25) is 5.43 Å². The van der Waals surface area contributed by atoms with Gasteiger partial charge in [0.2, 0.25) is 0 Å². The molecule has 0 saturated carbocycles. The summed E-state index contributed by atoms with van der Waals surface area (Å²) in [6, 6.07) is 15.2. The first kappa shape index (κ1) is 11.7. The minimum Gasteiger partial charge on any atom is -0.251 e. The van der Waals surface area contributed by atoms with E-state index in [2.05, 4.69) is 52.9 Å². The molecule has 1 aliphatic heterocycles. The van der Waals surface area contributed by atoms with Crippen molar-refractivity contribution in [3.63, 3.8) is 0 Å². The second-order valence-electron chi connectivity index (χ2n) is 5.02. The molecule has 0 atom stereocenters. The van der Waals surface area contributed by atoms with Gasteiger partial charge in [0.05, 0.1) is 0 Å². The Morgan fingerprint density at radius 3 is 2.56 bits per heavy atom. The lowest BCUT2D eigenvalue weighted by molar-refractivity contribution is 0.151. The molecule has 0 aromatic heterocycles. The lowest BCUT2D eigenvalue weighted by Crippen LogP contribution is -2.41. The van der Waals surface area contributed by atoms with E-state index < -0.39 is 0 Å². The largest absolute Gasteiger partial charge is 0.251 e. The summed E-state index contributed by atoms with van der Waals surface area (Å²) in [6.07, 6.45) is 4.03. The van der Waals surface area contributed by atoms with Crippen LogP contribution in [0.5, 0.6) is 0 Å². The quantitative estimate of drug-likeness (QED) is 0.885. The maximum absolute atomic E-state index is 3.56. The van der Waals surface area contributed by atoms with Crippen molar-refractivity contribution in [3.8, 4) is 0 Å². The summed E-state index contributed by atoms with van der Waals surface area (Å²) in [5.41, 5.74) is 4.95. The number of rotatable bonds is 3. The topological polar surface area (TPSA) is 15.3 Å². The molecule has 2 heteroatoms. The minimum atomic E-state index is 0.932. The predicted octanol–water partition coefficient (Wildman–Crippen LogP) is 3.33. The van der Waals surface area contributed by atoms with Crippen molar-refractivity contribution in [1.29, 1.82) is 0 Å². The van der Waals surface area contributed by atoms with Gasteiger partial charge >= 0.3 is 0 Å². The highest BCUT2D eigenvalue weighted by Gasteiger charge is 2.09. The molecule has 94 valence electrons. The Hall–Kier alpha value is -1.38. The van der Waals surface area contributed by atoms with Crippen LogP contribution >= 0.6 is 0 Å². The number of nitrogens with zero attached hydrogens (tertiary/aromatic N) is 1. The van der Waals surface area contributed by atoms with Gasteiger partial charge in [0, 0.05) is 19.6 Å². The Morgan fingerprint density at radius 2 is 1.67 bits per heavy atom. The van der Waals surface area contributed by atoms with E-state index >= 15 is 0 Å². The van der Waals surface area contributed by atoms with E-state index in [1.807, 2.05) is 0 Å². The zero-order valence-electron chi connectivity index (χ0n) is 10.7. The summed E-state index contributed by atoms with van der Waals surface area (Å²) < 4.78 is 0. The average Bonchev–Trinajstić information content (AvgIpc) is 2.46. The van der Waals surface area contributed by atoms with Crippen LogP contribution in [-0.4, -0.2) is 18.1 Å². The van der Waals surface area contributed by atoms with Gasteiger partial charge in [-0.1, -0.05) is 48.9 Å². The number of hydrazine groups is 1. The van der Waals surface area contributed by atoms with Gasteiger partial charge in [-0.2, -0.15) is 0 Å². The third kappa shape index (κ3) is 2.55. The molecule has 2 aromatic rings. The Kier molecular flexibility index (Phi) is 3.58. The molecular weight excluding hydrogens is 220 g/mol. The Morgan fingerprint density at radius 1 is 0.889 bits per heavy atom. The normalized spacial score (nSPS) is 17.1. The molecule has 18 heavy (non-hydrogen) atoms. The molecule has 0 aliphatic carbocycles. The number of hydrogen-bond acceptors (Lipinski definition) is 2. The van der Waals surface area contributed by atoms with Crippen LogP contribution in [0.1, 0.15) is 24.8 Å². The first-order valence-corrected chi connectivity index (χ1v) is 6.88. The molecule has 0 spiro atoms. The van der Waals surface area contributed by atoms with Crippen LogP contribution in [0.4, 0.5) is 0 Å². The van der Waals surface area contributed by atoms with Gasteiger partial charge in [-0.05, 0) is 29.2 Å². The lowest BCUT2D eigenvalue weighted by Gasteiger charge is -2.27. The summed E-state index contributed by atoms with van der Waals surface area (Å²) in [5, 5.41) is 5.06. The van der Waals surface area contributed by atoms with Gasteiger partial charge in [-0.15, -0.1) is 0 Å². The van der Waals surface area contributed by atoms with Crippen LogP contribution in [0, 0.1) is 0 Å². The maximum Gasteiger partial charge on any atom is 0.0359 e. The molecule has 2 aromatic carbocycles. The van der Waals surface area contributed by atoms with Crippen molar-refractivity contribution in [2.45, 2.75) is 25.8 Å². The van der Waals surface area contributed by atoms with Crippen molar-refractivity contribution >= 4 is 10.8 Å². The summed E-state index contributed by atoms with van der Waals surface area (Å²) in [6.45, 7) is 3.30. The highest BCUT2D eigenvalue weighted by Crippen LogP contribution is 2.18. The molecule has 0 radical (unpaired) electrons. The van der Waals surface area contributed by atoms with Crippen molar-refractivity contribution in [1.82, 2.24) is 10.4 Å². The molecule has 2 nitrogen and oxygen atoms in total. The van der Waals surface area contributed by atoms with Crippen molar-refractivity contribution < 1.29 is 0 Å². The number of nitrogens with one attached hydrogen (secondary N) is 1. The van der Waals surface area contributed by atoms with Crippen LogP contribution in [0.2, 0.25) is 0 Å². The minimum absolute atomic E-state index is 0.932. The number of fused-ring (bicyclic) bond motifs is 1. The van der Waals surface area contributed by atoms with E-state index in [1.54, 1.807) is 0 Å². The van der Waals surface area contributed by atoms with Crippen LogP contribution < -0.4 is 5.43 Å². The molecule has 1 heterocycles. The number of piperidine rings is 1. The molecule has 0 bridgehead atoms. The zero-order chi connectivity index (χ0) is 12.2. The highest BCUT2D eigenvalue weighted by atomic mass is 15.5. The Labute approximate surface area is 109 Å². The molecule has 3 rings (SSSR count). The lowest BCUT2D eigenvalue weighted by atomic mass is 10.0. The molecule has 1 N–H and O–H groups in total. The van der Waals surface area contributed by atoms with Crippen LogP contribution in [0.3, 0.4) is 0 Å². The summed E-state index contributed by atoms with van der Waals surface area (Å²) in [7, 11) is 0. The third-order valence-electron chi connectivity index (χ3n) is 3.73. The Bertz CT molecular complexity index is 510. The fraction of sp³-hybridized carbons (Fsp3) is 0.375. The standard InChI is InChI=1S/C16H20N2/c1-4-11-18(12-5-1)17-13-15-9-6-8-14-7-2-3-10-16(14)15/h2-3,6-10,17H,1,4-5,11-13H2. The molecule has 1 fully saturated rings. The van der Waals surface area contributed by atoms with Crippen LogP contribution in [-0.2, 0) is 6.54 Å². The second kappa shape index (κ2) is 5.51. The van der Waals surface area contributed by atoms with E-state index in [1.165, 1.54) is 48.7 Å². The summed E-state index contributed by atoms with van der Waals surface area (Å²) >= 11 is 0. The zero-order valence-corrected chi connectivity index (χ0v) is 10.7. The fourth-order valence-corrected chi connectivity index (χ4v) is 2.70. The Balaban J connectivity index is 1.74. The molecular formula is C16H20N2. The smallest absolute Gasteiger partial charge is 0.0359 e. The van der Waals surface area contributed by atoms with Crippen molar-refractivity contribution in [3.05, 3.63) is 48.0 Å². The van der Waals surface area contributed by atoms with Crippen molar-refractivity contribution in [2.24, 2.45) is 0 Å². The van der Waals surface area contributed by atoms with E-state index in [9.17, 15) is 0 Å². The van der Waals surface area contributed by atoms with Gasteiger partial charge < -0.3 is 0 Å². The summed E-state index contributed by atoms with van der Waals surface area (Å²) in [4.78, 5) is 0. The third-order valence-corrected chi connectivity index (χ3v) is 3.73. The average molecular weight is 240 g/mol.